The molecular weight excluding hydrogens is 285 g/mol. The van der Waals surface area contributed by atoms with Crippen LogP contribution in [0.1, 0.15) is 16.1 Å². The first kappa shape index (κ1) is 14.0. The Hall–Kier alpha value is -2.45. The Labute approximate surface area is 108 Å². The fourth-order valence-electron chi connectivity index (χ4n) is 1.47. The van der Waals surface area contributed by atoms with Crippen molar-refractivity contribution in [3.05, 3.63) is 47.3 Å². The summed E-state index contributed by atoms with van der Waals surface area (Å²) in [5.74, 6) is -3.53. The van der Waals surface area contributed by atoms with E-state index in [4.69, 9.17) is 0 Å². The molecule has 20 heavy (non-hydrogen) atoms. The number of para-hydroxylation sites is 1. The van der Waals surface area contributed by atoms with Gasteiger partial charge in [0.25, 0.3) is 5.91 Å². The summed E-state index contributed by atoms with van der Waals surface area (Å²) in [5.41, 5.74) is -3.08. The molecule has 0 fully saturated rings. The second kappa shape index (κ2) is 4.91. The van der Waals surface area contributed by atoms with Crippen molar-refractivity contribution < 1.29 is 26.7 Å². The average molecular weight is 291 g/mol. The van der Waals surface area contributed by atoms with Gasteiger partial charge in [-0.3, -0.25) is 9.89 Å². The Morgan fingerprint density at radius 2 is 1.80 bits per heavy atom. The predicted octanol–water partition coefficient (Wildman–Crippen LogP) is 2.96. The van der Waals surface area contributed by atoms with E-state index in [2.05, 4.69) is 5.10 Å². The number of carbonyl (C=O) groups is 1. The second-order valence-corrected chi connectivity index (χ2v) is 3.71. The maximum atomic E-state index is 13.3. The molecule has 1 aromatic carbocycles. The first-order valence-electron chi connectivity index (χ1n) is 5.16. The van der Waals surface area contributed by atoms with Gasteiger partial charge in [-0.15, -0.1) is 0 Å². The summed E-state index contributed by atoms with van der Waals surface area (Å²) in [6.07, 6.45) is -4.21. The number of nitrogens with one attached hydrogen (secondary N) is 2. The minimum absolute atomic E-state index is 0.622. The van der Waals surface area contributed by atoms with Gasteiger partial charge in [0.05, 0.1) is 11.8 Å². The third-order valence-electron chi connectivity index (χ3n) is 2.37. The number of nitrogens with zero attached hydrogens (tertiary/aromatic N) is 1. The highest BCUT2D eigenvalue weighted by Gasteiger charge is 2.37. The average Bonchev–Trinajstić information content (AvgIpc) is 2.82. The summed E-state index contributed by atoms with van der Waals surface area (Å²) < 4.78 is 64.2. The molecule has 0 aliphatic rings. The summed E-state index contributed by atoms with van der Waals surface area (Å²) in [6, 6.07) is 2.77. The molecular formula is C11H6F5N3O. The zero-order valence-electron chi connectivity index (χ0n) is 9.55. The number of rotatable bonds is 2. The molecule has 1 aromatic heterocycles. The lowest BCUT2D eigenvalue weighted by Gasteiger charge is -2.09. The number of halogens is 5. The fourth-order valence-corrected chi connectivity index (χ4v) is 1.47. The molecule has 0 aliphatic carbocycles. The molecule has 0 saturated carbocycles. The van der Waals surface area contributed by atoms with Crippen LogP contribution in [0, 0.1) is 11.6 Å². The third-order valence-corrected chi connectivity index (χ3v) is 2.37. The molecule has 9 heteroatoms. The molecule has 0 saturated heterocycles. The number of hydrogen-bond acceptors (Lipinski definition) is 2. The van der Waals surface area contributed by atoms with Crippen molar-refractivity contribution in [3.63, 3.8) is 0 Å². The number of carbonyl (C=O) groups excluding carboxylic acids is 1. The van der Waals surface area contributed by atoms with E-state index in [9.17, 15) is 26.7 Å². The maximum Gasteiger partial charge on any atom is 0.433 e. The van der Waals surface area contributed by atoms with Crippen LogP contribution in [0.5, 0.6) is 0 Å². The molecule has 1 amide bonds. The van der Waals surface area contributed by atoms with Crippen LogP contribution >= 0.6 is 0 Å². The van der Waals surface area contributed by atoms with Crippen LogP contribution in [0.25, 0.3) is 0 Å². The normalized spacial score (nSPS) is 11.4. The van der Waals surface area contributed by atoms with Crippen LogP contribution in [-0.4, -0.2) is 16.1 Å². The molecule has 2 aromatic rings. The highest BCUT2D eigenvalue weighted by Crippen LogP contribution is 2.30. The van der Waals surface area contributed by atoms with Crippen LogP contribution in [0.3, 0.4) is 0 Å². The molecule has 2 N–H and O–H groups in total. The smallest absolute Gasteiger partial charge is 0.317 e. The molecule has 2 rings (SSSR count). The lowest BCUT2D eigenvalue weighted by atomic mass is 10.2. The van der Waals surface area contributed by atoms with E-state index in [0.29, 0.717) is 6.20 Å². The number of hydrogen-bond donors (Lipinski definition) is 2. The number of amides is 1. The zero-order chi connectivity index (χ0) is 14.9. The van der Waals surface area contributed by atoms with Crippen molar-refractivity contribution in [2.45, 2.75) is 6.18 Å². The van der Waals surface area contributed by atoms with Crippen molar-refractivity contribution in [2.24, 2.45) is 0 Å². The molecule has 0 bridgehead atoms. The van der Waals surface area contributed by atoms with E-state index < -0.39 is 40.7 Å². The Bertz CT molecular complexity index is 629. The van der Waals surface area contributed by atoms with Crippen molar-refractivity contribution in [2.75, 3.05) is 5.32 Å². The lowest BCUT2D eigenvalue weighted by Crippen LogP contribution is -2.19. The van der Waals surface area contributed by atoms with Gasteiger partial charge in [0.2, 0.25) is 0 Å². The largest absolute Gasteiger partial charge is 0.433 e. The Morgan fingerprint density at radius 3 is 2.35 bits per heavy atom. The van der Waals surface area contributed by atoms with Gasteiger partial charge in [0, 0.05) is 0 Å². The maximum absolute atomic E-state index is 13.3. The predicted molar refractivity (Wildman–Crippen MR) is 57.9 cm³/mol. The van der Waals surface area contributed by atoms with Crippen LogP contribution in [0.2, 0.25) is 0 Å². The Balaban J connectivity index is 2.32. The standard InChI is InChI=1S/C11H6F5N3O/c12-6-2-1-3-7(13)8(6)18-10(20)5-4-17-19-9(5)11(14,15)16/h1-4H,(H,17,19)(H,18,20). The van der Waals surface area contributed by atoms with Gasteiger partial charge >= 0.3 is 6.18 Å². The van der Waals surface area contributed by atoms with E-state index >= 15 is 0 Å². The lowest BCUT2D eigenvalue weighted by molar-refractivity contribution is -0.141. The summed E-state index contributed by atoms with van der Waals surface area (Å²) in [7, 11) is 0. The van der Waals surface area contributed by atoms with Crippen molar-refractivity contribution >= 4 is 11.6 Å². The van der Waals surface area contributed by atoms with E-state index in [1.54, 1.807) is 10.4 Å². The van der Waals surface area contributed by atoms with Gasteiger partial charge in [0.1, 0.15) is 17.3 Å². The first-order valence-corrected chi connectivity index (χ1v) is 5.16. The van der Waals surface area contributed by atoms with Crippen molar-refractivity contribution in [3.8, 4) is 0 Å². The fraction of sp³-hybridized carbons (Fsp3) is 0.0909. The second-order valence-electron chi connectivity index (χ2n) is 3.71. The van der Waals surface area contributed by atoms with Gasteiger partial charge in [-0.05, 0) is 12.1 Å². The SMILES string of the molecule is O=C(Nc1c(F)cccc1F)c1cn[nH]c1C(F)(F)F. The Morgan fingerprint density at radius 1 is 1.20 bits per heavy atom. The highest BCUT2D eigenvalue weighted by atomic mass is 19.4. The van der Waals surface area contributed by atoms with E-state index in [1.807, 2.05) is 0 Å². The molecule has 0 unspecified atom stereocenters. The van der Waals surface area contributed by atoms with Crippen molar-refractivity contribution in [1.82, 2.24) is 10.2 Å². The molecule has 0 atom stereocenters. The molecule has 106 valence electrons. The summed E-state index contributed by atoms with van der Waals surface area (Å²) in [4.78, 5) is 11.6. The van der Waals surface area contributed by atoms with E-state index in [0.717, 1.165) is 18.2 Å². The van der Waals surface area contributed by atoms with Gasteiger partial charge in [-0.25, -0.2) is 8.78 Å². The molecule has 1 heterocycles. The molecule has 0 spiro atoms. The number of H-pyrrole nitrogens is 1. The zero-order valence-corrected chi connectivity index (χ0v) is 9.55. The van der Waals surface area contributed by atoms with Crippen LogP contribution in [0.4, 0.5) is 27.6 Å². The topological polar surface area (TPSA) is 57.8 Å². The molecule has 4 nitrogen and oxygen atoms in total. The van der Waals surface area contributed by atoms with Crippen LogP contribution in [0.15, 0.2) is 24.4 Å². The van der Waals surface area contributed by atoms with Gasteiger partial charge in [0.15, 0.2) is 5.69 Å². The van der Waals surface area contributed by atoms with E-state index in [1.165, 1.54) is 0 Å². The van der Waals surface area contributed by atoms with Gasteiger partial charge in [-0.1, -0.05) is 6.07 Å². The highest BCUT2D eigenvalue weighted by molar-refractivity contribution is 6.05. The number of aromatic amines is 1. The number of aromatic nitrogens is 2. The Kier molecular flexibility index (Phi) is 3.43. The van der Waals surface area contributed by atoms with Crippen LogP contribution in [-0.2, 0) is 6.18 Å². The van der Waals surface area contributed by atoms with Crippen LogP contribution < -0.4 is 5.32 Å². The van der Waals surface area contributed by atoms with Crippen molar-refractivity contribution in [1.29, 1.82) is 0 Å². The quantitative estimate of drug-likeness (QED) is 0.836. The third kappa shape index (κ3) is 2.60. The van der Waals surface area contributed by atoms with Gasteiger partial charge in [-0.2, -0.15) is 18.3 Å². The minimum atomic E-state index is -4.84. The first-order chi connectivity index (χ1) is 9.30. The minimum Gasteiger partial charge on any atom is -0.317 e. The monoisotopic (exact) mass is 291 g/mol. The molecule has 0 aliphatic heterocycles. The van der Waals surface area contributed by atoms with Gasteiger partial charge < -0.3 is 5.32 Å². The van der Waals surface area contributed by atoms with E-state index in [-0.39, 0.29) is 0 Å². The molecule has 0 radical (unpaired) electrons. The number of anilines is 1. The number of benzene rings is 1. The summed E-state index contributed by atoms with van der Waals surface area (Å²) in [6.45, 7) is 0. The summed E-state index contributed by atoms with van der Waals surface area (Å²) in [5, 5.41) is 6.47. The summed E-state index contributed by atoms with van der Waals surface area (Å²) >= 11 is 0. The number of alkyl halides is 3.